The molecule has 0 aliphatic carbocycles. The minimum absolute atomic E-state index is 0.0683. The van der Waals surface area contributed by atoms with Gasteiger partial charge in [0.1, 0.15) is 5.75 Å². The molecule has 0 saturated heterocycles. The van der Waals surface area contributed by atoms with Crippen molar-refractivity contribution >= 4 is 17.4 Å². The normalized spacial score (nSPS) is 10.2. The van der Waals surface area contributed by atoms with E-state index in [2.05, 4.69) is 0 Å². The molecule has 94 valence electrons. The standard InChI is InChI=1S/C11H16N2O3S/c1-16-11-6-9(8-17-4-2-3-12)5-10(7-11)13(14)15/h5-7H,2-4,8,12H2,1H3. The molecule has 0 aliphatic heterocycles. The molecule has 17 heavy (non-hydrogen) atoms. The van der Waals surface area contributed by atoms with Gasteiger partial charge in [-0.15, -0.1) is 0 Å². The molecular formula is C11H16N2O3S. The minimum Gasteiger partial charge on any atom is -0.496 e. The maximum atomic E-state index is 10.7. The predicted molar refractivity (Wildman–Crippen MR) is 69.5 cm³/mol. The summed E-state index contributed by atoms with van der Waals surface area (Å²) in [7, 11) is 1.50. The van der Waals surface area contributed by atoms with Crippen LogP contribution in [0.1, 0.15) is 12.0 Å². The molecule has 5 nitrogen and oxygen atoms in total. The number of nitrogens with two attached hydrogens (primary N) is 1. The molecule has 0 atom stereocenters. The van der Waals surface area contributed by atoms with E-state index < -0.39 is 4.92 Å². The smallest absolute Gasteiger partial charge is 0.273 e. The highest BCUT2D eigenvalue weighted by atomic mass is 32.2. The fourth-order valence-corrected chi connectivity index (χ4v) is 2.24. The SMILES string of the molecule is COc1cc(CSCCCN)cc([N+](=O)[O-])c1. The lowest BCUT2D eigenvalue weighted by atomic mass is 10.2. The molecule has 1 rings (SSSR count). The molecule has 0 bridgehead atoms. The summed E-state index contributed by atoms with van der Waals surface area (Å²) in [4.78, 5) is 10.3. The van der Waals surface area contributed by atoms with Gasteiger partial charge in [-0.05, 0) is 30.3 Å². The van der Waals surface area contributed by atoms with Gasteiger partial charge in [0.15, 0.2) is 0 Å². The number of nitro benzene ring substituents is 1. The van der Waals surface area contributed by atoms with E-state index in [9.17, 15) is 10.1 Å². The summed E-state index contributed by atoms with van der Waals surface area (Å²) in [6, 6.07) is 4.83. The first-order valence-corrected chi connectivity index (χ1v) is 6.43. The Morgan fingerprint density at radius 3 is 2.82 bits per heavy atom. The zero-order chi connectivity index (χ0) is 12.7. The second kappa shape index (κ2) is 7.13. The second-order valence-corrected chi connectivity index (χ2v) is 4.60. The molecular weight excluding hydrogens is 240 g/mol. The quantitative estimate of drug-likeness (QED) is 0.459. The van der Waals surface area contributed by atoms with Gasteiger partial charge in [-0.1, -0.05) is 0 Å². The fraction of sp³-hybridized carbons (Fsp3) is 0.455. The van der Waals surface area contributed by atoms with Crippen LogP contribution < -0.4 is 10.5 Å². The van der Waals surface area contributed by atoms with Crippen LogP contribution in [-0.2, 0) is 5.75 Å². The van der Waals surface area contributed by atoms with Gasteiger partial charge < -0.3 is 10.5 Å². The van der Waals surface area contributed by atoms with E-state index in [-0.39, 0.29) is 5.69 Å². The van der Waals surface area contributed by atoms with Gasteiger partial charge in [0.05, 0.1) is 18.1 Å². The molecule has 0 aromatic heterocycles. The molecule has 0 unspecified atom stereocenters. The van der Waals surface area contributed by atoms with Crippen molar-refractivity contribution in [1.29, 1.82) is 0 Å². The first-order chi connectivity index (χ1) is 8.17. The summed E-state index contributed by atoms with van der Waals surface area (Å²) >= 11 is 1.71. The van der Waals surface area contributed by atoms with Crippen LogP contribution in [0.2, 0.25) is 0 Å². The lowest BCUT2D eigenvalue weighted by Gasteiger charge is -2.05. The van der Waals surface area contributed by atoms with Crippen molar-refractivity contribution in [3.63, 3.8) is 0 Å². The highest BCUT2D eigenvalue weighted by Crippen LogP contribution is 2.25. The first-order valence-electron chi connectivity index (χ1n) is 5.27. The van der Waals surface area contributed by atoms with E-state index in [1.807, 2.05) is 6.07 Å². The van der Waals surface area contributed by atoms with E-state index >= 15 is 0 Å². The van der Waals surface area contributed by atoms with Crippen LogP contribution in [0.5, 0.6) is 5.75 Å². The lowest BCUT2D eigenvalue weighted by Crippen LogP contribution is -1.99. The summed E-state index contributed by atoms with van der Waals surface area (Å²) in [6.07, 6.45) is 0.955. The van der Waals surface area contributed by atoms with Gasteiger partial charge in [-0.25, -0.2) is 0 Å². The van der Waals surface area contributed by atoms with Crippen molar-refractivity contribution in [3.05, 3.63) is 33.9 Å². The molecule has 0 amide bonds. The molecule has 0 heterocycles. The maximum Gasteiger partial charge on any atom is 0.273 e. The largest absolute Gasteiger partial charge is 0.496 e. The number of ether oxygens (including phenoxy) is 1. The third-order valence-corrected chi connectivity index (χ3v) is 3.27. The molecule has 0 spiro atoms. The van der Waals surface area contributed by atoms with Crippen LogP contribution in [0.3, 0.4) is 0 Å². The monoisotopic (exact) mass is 256 g/mol. The second-order valence-electron chi connectivity index (χ2n) is 3.49. The summed E-state index contributed by atoms with van der Waals surface area (Å²) in [5, 5.41) is 10.7. The Kier molecular flexibility index (Phi) is 5.79. The Hall–Kier alpha value is -1.27. The summed E-state index contributed by atoms with van der Waals surface area (Å²) in [5.41, 5.74) is 6.36. The predicted octanol–water partition coefficient (Wildman–Crippen LogP) is 2.19. The number of rotatable bonds is 7. The highest BCUT2D eigenvalue weighted by molar-refractivity contribution is 7.98. The first kappa shape index (κ1) is 13.8. The topological polar surface area (TPSA) is 78.4 Å². The average Bonchev–Trinajstić information content (AvgIpc) is 2.34. The van der Waals surface area contributed by atoms with Crippen molar-refractivity contribution in [2.75, 3.05) is 19.4 Å². The summed E-state index contributed by atoms with van der Waals surface area (Å²) in [5.74, 6) is 2.22. The van der Waals surface area contributed by atoms with Crippen LogP contribution in [-0.4, -0.2) is 24.3 Å². The molecule has 1 aromatic rings. The zero-order valence-corrected chi connectivity index (χ0v) is 10.5. The number of hydrogen-bond donors (Lipinski definition) is 1. The van der Waals surface area contributed by atoms with E-state index in [1.54, 1.807) is 17.8 Å². The van der Waals surface area contributed by atoms with Gasteiger partial charge in [0.2, 0.25) is 0 Å². The number of hydrogen-bond acceptors (Lipinski definition) is 5. The fourth-order valence-electron chi connectivity index (χ4n) is 1.33. The van der Waals surface area contributed by atoms with E-state index in [4.69, 9.17) is 10.5 Å². The molecule has 1 aromatic carbocycles. The van der Waals surface area contributed by atoms with Gasteiger partial charge in [0.25, 0.3) is 5.69 Å². The van der Waals surface area contributed by atoms with Crippen molar-refractivity contribution < 1.29 is 9.66 Å². The van der Waals surface area contributed by atoms with Crippen LogP contribution in [0.15, 0.2) is 18.2 Å². The summed E-state index contributed by atoms with van der Waals surface area (Å²) < 4.78 is 5.04. The number of benzene rings is 1. The third-order valence-electron chi connectivity index (χ3n) is 2.16. The number of non-ortho nitro benzene ring substituents is 1. The van der Waals surface area contributed by atoms with Crippen LogP contribution in [0.25, 0.3) is 0 Å². The van der Waals surface area contributed by atoms with E-state index in [0.717, 1.165) is 23.5 Å². The van der Waals surface area contributed by atoms with Gasteiger partial charge >= 0.3 is 0 Å². The van der Waals surface area contributed by atoms with Gasteiger partial charge in [-0.2, -0.15) is 11.8 Å². The van der Waals surface area contributed by atoms with Crippen molar-refractivity contribution in [3.8, 4) is 5.75 Å². The minimum atomic E-state index is -0.406. The number of nitrogens with zero attached hydrogens (tertiary/aromatic N) is 1. The van der Waals surface area contributed by atoms with Crippen molar-refractivity contribution in [2.24, 2.45) is 5.73 Å². The van der Waals surface area contributed by atoms with Crippen LogP contribution in [0, 0.1) is 10.1 Å². The van der Waals surface area contributed by atoms with Crippen molar-refractivity contribution in [1.82, 2.24) is 0 Å². The Balaban J connectivity index is 2.70. The van der Waals surface area contributed by atoms with E-state index in [0.29, 0.717) is 12.3 Å². The number of methoxy groups -OCH3 is 1. The maximum absolute atomic E-state index is 10.7. The zero-order valence-electron chi connectivity index (χ0n) is 9.72. The number of nitro groups is 1. The van der Waals surface area contributed by atoms with Crippen LogP contribution in [0.4, 0.5) is 5.69 Å². The molecule has 6 heteroatoms. The Morgan fingerprint density at radius 1 is 1.47 bits per heavy atom. The van der Waals surface area contributed by atoms with Gasteiger partial charge in [0, 0.05) is 11.8 Å². The van der Waals surface area contributed by atoms with Crippen molar-refractivity contribution in [2.45, 2.75) is 12.2 Å². The summed E-state index contributed by atoms with van der Waals surface area (Å²) in [6.45, 7) is 0.672. The van der Waals surface area contributed by atoms with Crippen LogP contribution >= 0.6 is 11.8 Å². The number of thioether (sulfide) groups is 1. The van der Waals surface area contributed by atoms with E-state index in [1.165, 1.54) is 13.2 Å². The third kappa shape index (κ3) is 4.62. The highest BCUT2D eigenvalue weighted by Gasteiger charge is 2.09. The molecule has 2 N–H and O–H groups in total. The Morgan fingerprint density at radius 2 is 2.24 bits per heavy atom. The Labute approximate surface area is 104 Å². The molecule has 0 aliphatic rings. The van der Waals surface area contributed by atoms with Gasteiger partial charge in [-0.3, -0.25) is 10.1 Å². The molecule has 0 saturated carbocycles. The molecule has 0 fully saturated rings. The average molecular weight is 256 g/mol. The lowest BCUT2D eigenvalue weighted by molar-refractivity contribution is -0.385. The Bertz CT molecular complexity index is 385. The molecule has 0 radical (unpaired) electrons.